The molecule has 0 fully saturated rings. The Morgan fingerprint density at radius 2 is 1.02 bits per heavy atom. The predicted octanol–water partition coefficient (Wildman–Crippen LogP) is 10.5. The van der Waals surface area contributed by atoms with Crippen molar-refractivity contribution in [2.24, 2.45) is 0 Å². The van der Waals surface area contributed by atoms with Crippen LogP contribution in [0.4, 0.5) is 11.4 Å². The SMILES string of the molecule is CC1(C)c2ccccc2-c2cccc(-c3ccc(Nc4ccc(-n5c6ccccc6c6ccccc65)cc4)cc3)c21. The average Bonchev–Trinajstić information content (AvgIpc) is 3.47. The quantitative estimate of drug-likeness (QED) is 0.241. The third-order valence-electron chi connectivity index (χ3n) is 8.77. The van der Waals surface area contributed by atoms with E-state index in [0.29, 0.717) is 0 Å². The molecule has 41 heavy (non-hydrogen) atoms. The van der Waals surface area contributed by atoms with E-state index in [-0.39, 0.29) is 5.41 Å². The molecule has 1 aromatic heterocycles. The summed E-state index contributed by atoms with van der Waals surface area (Å²) in [6.07, 6.45) is 0. The zero-order valence-corrected chi connectivity index (χ0v) is 23.2. The Hall–Kier alpha value is -5.08. The Labute approximate surface area is 240 Å². The fourth-order valence-corrected chi connectivity index (χ4v) is 6.88. The molecule has 6 aromatic carbocycles. The Bertz CT molecular complexity index is 2020. The molecule has 7 aromatic rings. The molecule has 0 radical (unpaired) electrons. The Kier molecular flexibility index (Phi) is 5.20. The second kappa shape index (κ2) is 8.97. The van der Waals surface area contributed by atoms with Gasteiger partial charge in [0.2, 0.25) is 0 Å². The molecule has 8 rings (SSSR count). The van der Waals surface area contributed by atoms with Crippen molar-refractivity contribution in [3.05, 3.63) is 151 Å². The van der Waals surface area contributed by atoms with E-state index in [0.717, 1.165) is 17.1 Å². The third-order valence-corrected chi connectivity index (χ3v) is 8.77. The van der Waals surface area contributed by atoms with Gasteiger partial charge in [-0.2, -0.15) is 0 Å². The highest BCUT2D eigenvalue weighted by Gasteiger charge is 2.37. The minimum atomic E-state index is -0.0302. The van der Waals surface area contributed by atoms with Crippen LogP contribution >= 0.6 is 0 Å². The van der Waals surface area contributed by atoms with Crippen LogP contribution in [0.25, 0.3) is 49.7 Å². The molecule has 0 saturated heterocycles. The monoisotopic (exact) mass is 526 g/mol. The van der Waals surface area contributed by atoms with Crippen LogP contribution in [0.1, 0.15) is 25.0 Å². The van der Waals surface area contributed by atoms with Crippen molar-refractivity contribution in [2.45, 2.75) is 19.3 Å². The van der Waals surface area contributed by atoms with Gasteiger partial charge in [-0.25, -0.2) is 0 Å². The number of rotatable bonds is 4. The van der Waals surface area contributed by atoms with Crippen LogP contribution in [0.2, 0.25) is 0 Å². The molecule has 0 unspecified atom stereocenters. The highest BCUT2D eigenvalue weighted by molar-refractivity contribution is 6.09. The first kappa shape index (κ1) is 23.8. The van der Waals surface area contributed by atoms with Crippen LogP contribution < -0.4 is 5.32 Å². The molecule has 1 heterocycles. The lowest BCUT2D eigenvalue weighted by molar-refractivity contribution is 0.662. The van der Waals surface area contributed by atoms with E-state index in [2.05, 4.69) is 163 Å². The van der Waals surface area contributed by atoms with Crippen molar-refractivity contribution >= 4 is 33.2 Å². The average molecular weight is 527 g/mol. The van der Waals surface area contributed by atoms with Gasteiger partial charge in [-0.1, -0.05) is 105 Å². The first-order valence-corrected chi connectivity index (χ1v) is 14.3. The maximum Gasteiger partial charge on any atom is 0.0541 e. The van der Waals surface area contributed by atoms with E-state index in [1.165, 1.54) is 55.2 Å². The first-order chi connectivity index (χ1) is 20.1. The van der Waals surface area contributed by atoms with Gasteiger partial charge in [0.15, 0.2) is 0 Å². The van der Waals surface area contributed by atoms with Gasteiger partial charge in [-0.3, -0.25) is 0 Å². The van der Waals surface area contributed by atoms with E-state index < -0.39 is 0 Å². The van der Waals surface area contributed by atoms with Crippen molar-refractivity contribution in [1.82, 2.24) is 4.57 Å². The van der Waals surface area contributed by atoms with Gasteiger partial charge in [0.1, 0.15) is 0 Å². The zero-order valence-electron chi connectivity index (χ0n) is 23.2. The van der Waals surface area contributed by atoms with E-state index in [4.69, 9.17) is 0 Å². The fraction of sp³-hybridized carbons (Fsp3) is 0.0769. The minimum absolute atomic E-state index is 0.0302. The predicted molar refractivity (Wildman–Crippen MR) is 174 cm³/mol. The normalized spacial score (nSPS) is 13.3. The zero-order chi connectivity index (χ0) is 27.6. The summed E-state index contributed by atoms with van der Waals surface area (Å²) in [4.78, 5) is 0. The summed E-state index contributed by atoms with van der Waals surface area (Å²) >= 11 is 0. The van der Waals surface area contributed by atoms with Gasteiger partial charge in [0, 0.05) is 33.2 Å². The fourth-order valence-electron chi connectivity index (χ4n) is 6.88. The number of para-hydroxylation sites is 2. The Balaban J connectivity index is 1.09. The molecule has 0 aliphatic heterocycles. The highest BCUT2D eigenvalue weighted by atomic mass is 15.0. The molecule has 196 valence electrons. The number of anilines is 2. The van der Waals surface area contributed by atoms with E-state index in [1.54, 1.807) is 0 Å². The maximum absolute atomic E-state index is 3.60. The van der Waals surface area contributed by atoms with Gasteiger partial charge in [0.05, 0.1) is 11.0 Å². The lowest BCUT2D eigenvalue weighted by atomic mass is 9.79. The molecule has 0 amide bonds. The number of nitrogens with zero attached hydrogens (tertiary/aromatic N) is 1. The van der Waals surface area contributed by atoms with Gasteiger partial charge < -0.3 is 9.88 Å². The number of nitrogens with one attached hydrogen (secondary N) is 1. The number of aromatic nitrogens is 1. The summed E-state index contributed by atoms with van der Waals surface area (Å²) < 4.78 is 2.35. The molecule has 0 bridgehead atoms. The molecule has 0 atom stereocenters. The van der Waals surface area contributed by atoms with Crippen LogP contribution in [0, 0.1) is 0 Å². The summed E-state index contributed by atoms with van der Waals surface area (Å²) in [7, 11) is 0. The van der Waals surface area contributed by atoms with Crippen molar-refractivity contribution < 1.29 is 0 Å². The smallest absolute Gasteiger partial charge is 0.0541 e. The van der Waals surface area contributed by atoms with Crippen molar-refractivity contribution in [2.75, 3.05) is 5.32 Å². The van der Waals surface area contributed by atoms with E-state index >= 15 is 0 Å². The molecule has 1 N–H and O–H groups in total. The Morgan fingerprint density at radius 3 is 1.71 bits per heavy atom. The number of hydrogen-bond acceptors (Lipinski definition) is 1. The number of fused-ring (bicyclic) bond motifs is 6. The second-order valence-corrected chi connectivity index (χ2v) is 11.5. The first-order valence-electron chi connectivity index (χ1n) is 14.3. The summed E-state index contributed by atoms with van der Waals surface area (Å²) in [5.41, 5.74) is 13.8. The van der Waals surface area contributed by atoms with Crippen LogP contribution in [-0.4, -0.2) is 4.57 Å². The van der Waals surface area contributed by atoms with Crippen molar-refractivity contribution in [3.8, 4) is 27.9 Å². The summed E-state index contributed by atoms with van der Waals surface area (Å²) in [6.45, 7) is 4.69. The van der Waals surface area contributed by atoms with Crippen LogP contribution in [0.5, 0.6) is 0 Å². The maximum atomic E-state index is 3.60. The van der Waals surface area contributed by atoms with Crippen molar-refractivity contribution in [3.63, 3.8) is 0 Å². The molecule has 2 nitrogen and oxygen atoms in total. The van der Waals surface area contributed by atoms with Gasteiger partial charge >= 0.3 is 0 Å². The van der Waals surface area contributed by atoms with Crippen LogP contribution in [0.3, 0.4) is 0 Å². The van der Waals surface area contributed by atoms with Gasteiger partial charge in [0.25, 0.3) is 0 Å². The van der Waals surface area contributed by atoms with Crippen LogP contribution in [-0.2, 0) is 5.41 Å². The molecule has 1 aliphatic rings. The van der Waals surface area contributed by atoms with Gasteiger partial charge in [-0.15, -0.1) is 0 Å². The third kappa shape index (κ3) is 3.64. The minimum Gasteiger partial charge on any atom is -0.356 e. The molecule has 2 heteroatoms. The molecule has 0 spiro atoms. The summed E-state index contributed by atoms with van der Waals surface area (Å²) in [5.74, 6) is 0. The molecular weight excluding hydrogens is 496 g/mol. The largest absolute Gasteiger partial charge is 0.356 e. The van der Waals surface area contributed by atoms with Gasteiger partial charge in [-0.05, 0) is 81.9 Å². The topological polar surface area (TPSA) is 17.0 Å². The molecule has 1 aliphatic carbocycles. The summed E-state index contributed by atoms with van der Waals surface area (Å²) in [6, 6.07) is 50.4. The highest BCUT2D eigenvalue weighted by Crippen LogP contribution is 2.52. The summed E-state index contributed by atoms with van der Waals surface area (Å²) in [5, 5.41) is 6.16. The Morgan fingerprint density at radius 1 is 0.488 bits per heavy atom. The molecule has 0 saturated carbocycles. The van der Waals surface area contributed by atoms with Crippen molar-refractivity contribution in [1.29, 1.82) is 0 Å². The van der Waals surface area contributed by atoms with E-state index in [9.17, 15) is 0 Å². The van der Waals surface area contributed by atoms with E-state index in [1.807, 2.05) is 0 Å². The molecular formula is C39H30N2. The second-order valence-electron chi connectivity index (χ2n) is 11.5. The lowest BCUT2D eigenvalue weighted by Gasteiger charge is -2.24. The van der Waals surface area contributed by atoms with Crippen LogP contribution in [0.15, 0.2) is 140 Å². The lowest BCUT2D eigenvalue weighted by Crippen LogP contribution is -2.16. The number of benzene rings is 6. The standard InChI is InChI=1S/C39H30N2/c1-39(2)35-15-6-3-10-31(35)34-14-9-13-30(38(34)39)26-18-20-27(21-19-26)40-28-22-24-29(25-23-28)41-36-16-7-4-11-32(36)33-12-5-8-17-37(33)41/h3-25,40H,1-2H3. The number of hydrogen-bond donors (Lipinski definition) is 1.